The van der Waals surface area contributed by atoms with Crippen molar-refractivity contribution in [3.63, 3.8) is 0 Å². The molecule has 0 bridgehead atoms. The highest BCUT2D eigenvalue weighted by molar-refractivity contribution is 5.86. The van der Waals surface area contributed by atoms with Crippen LogP contribution in [0.3, 0.4) is 0 Å². The van der Waals surface area contributed by atoms with Gasteiger partial charge in [-0.05, 0) is 46.7 Å². The standard InChI is InChI=1S/C29H33N7/c1-16(2)26(30)28-32-14-24(35-28)19-7-5-18(6-8-19)20-9-11-22-21(13-20)10-12-23(34-22)25-15-33-29(36-25)27(31)17(3)4/h5-17,26-27H,30-31H2,1-4H3,(H,32,35)(H,33,36)/t26-,27-/m0/s1. The first-order valence-corrected chi connectivity index (χ1v) is 12.4. The van der Waals surface area contributed by atoms with E-state index in [0.717, 1.165) is 56.3 Å². The van der Waals surface area contributed by atoms with Crippen molar-refractivity contribution in [3.05, 3.63) is 78.6 Å². The van der Waals surface area contributed by atoms with Gasteiger partial charge in [-0.15, -0.1) is 0 Å². The molecule has 0 spiro atoms. The van der Waals surface area contributed by atoms with Gasteiger partial charge in [-0.2, -0.15) is 0 Å². The topological polar surface area (TPSA) is 122 Å². The van der Waals surface area contributed by atoms with E-state index in [1.54, 1.807) is 0 Å². The maximum Gasteiger partial charge on any atom is 0.124 e. The van der Waals surface area contributed by atoms with E-state index in [-0.39, 0.29) is 12.1 Å². The highest BCUT2D eigenvalue weighted by atomic mass is 15.0. The largest absolute Gasteiger partial charge is 0.347 e. The van der Waals surface area contributed by atoms with Crippen LogP contribution in [0.4, 0.5) is 0 Å². The van der Waals surface area contributed by atoms with Crippen molar-refractivity contribution in [2.24, 2.45) is 23.3 Å². The zero-order valence-corrected chi connectivity index (χ0v) is 21.2. The maximum atomic E-state index is 6.23. The van der Waals surface area contributed by atoms with Gasteiger partial charge in [0.15, 0.2) is 0 Å². The summed E-state index contributed by atoms with van der Waals surface area (Å²) in [5.41, 5.74) is 19.4. The smallest absolute Gasteiger partial charge is 0.124 e. The van der Waals surface area contributed by atoms with E-state index in [0.29, 0.717) is 11.8 Å². The number of imidazole rings is 2. The SMILES string of the molecule is CC(C)[C@H](N)c1nc(-c2ccc3cc(-c4ccc(-c5cnc([C@@H](N)C(C)C)[nH]5)cc4)ccc3n2)c[nH]1. The molecule has 5 rings (SSSR count). The molecule has 5 aromatic rings. The minimum atomic E-state index is -0.124. The lowest BCUT2D eigenvalue weighted by Crippen LogP contribution is -2.18. The number of hydrogen-bond donors (Lipinski definition) is 4. The van der Waals surface area contributed by atoms with E-state index in [1.807, 2.05) is 18.5 Å². The summed E-state index contributed by atoms with van der Waals surface area (Å²) in [4.78, 5) is 20.6. The lowest BCUT2D eigenvalue weighted by atomic mass is 10.0. The molecule has 0 radical (unpaired) electrons. The molecule has 6 N–H and O–H groups in total. The van der Waals surface area contributed by atoms with Gasteiger partial charge >= 0.3 is 0 Å². The molecule has 2 atom stereocenters. The van der Waals surface area contributed by atoms with Crippen molar-refractivity contribution in [2.75, 3.05) is 0 Å². The van der Waals surface area contributed by atoms with Crippen molar-refractivity contribution in [3.8, 4) is 33.8 Å². The minimum Gasteiger partial charge on any atom is -0.347 e. The van der Waals surface area contributed by atoms with Crippen LogP contribution in [-0.4, -0.2) is 24.9 Å². The summed E-state index contributed by atoms with van der Waals surface area (Å²) < 4.78 is 0. The second kappa shape index (κ2) is 9.68. The zero-order chi connectivity index (χ0) is 25.4. The molecule has 0 aliphatic rings. The summed E-state index contributed by atoms with van der Waals surface area (Å²) in [5.74, 6) is 2.24. The maximum absolute atomic E-state index is 6.23. The fourth-order valence-corrected chi connectivity index (χ4v) is 4.21. The lowest BCUT2D eigenvalue weighted by Gasteiger charge is -2.12. The number of rotatable bonds is 7. The molecule has 184 valence electrons. The molecule has 3 aromatic heterocycles. The zero-order valence-electron chi connectivity index (χ0n) is 21.2. The Kier molecular flexibility index (Phi) is 6.43. The van der Waals surface area contributed by atoms with Crippen molar-refractivity contribution >= 4 is 10.9 Å². The molecule has 3 heterocycles. The molecule has 0 aliphatic carbocycles. The van der Waals surface area contributed by atoms with Gasteiger partial charge in [-0.25, -0.2) is 15.0 Å². The fourth-order valence-electron chi connectivity index (χ4n) is 4.21. The van der Waals surface area contributed by atoms with Crippen molar-refractivity contribution in [1.29, 1.82) is 0 Å². The Balaban J connectivity index is 1.37. The van der Waals surface area contributed by atoms with E-state index >= 15 is 0 Å². The number of H-pyrrole nitrogens is 2. The van der Waals surface area contributed by atoms with Crippen molar-refractivity contribution < 1.29 is 0 Å². The predicted octanol–water partition coefficient (Wildman–Crippen LogP) is 5.99. The second-order valence-corrected chi connectivity index (χ2v) is 10.1. The first kappa shape index (κ1) is 23.9. The van der Waals surface area contributed by atoms with Crippen LogP contribution in [0, 0.1) is 11.8 Å². The normalized spacial score (nSPS) is 13.6. The van der Waals surface area contributed by atoms with Crippen LogP contribution < -0.4 is 11.5 Å². The summed E-state index contributed by atoms with van der Waals surface area (Å²) in [6.45, 7) is 8.36. The molecular weight excluding hydrogens is 446 g/mol. The number of aromatic amines is 2. The first-order valence-electron chi connectivity index (χ1n) is 12.4. The molecule has 0 saturated carbocycles. The number of nitrogens with two attached hydrogens (primary N) is 2. The van der Waals surface area contributed by atoms with Gasteiger partial charge in [0.1, 0.15) is 17.3 Å². The molecule has 0 saturated heterocycles. The Morgan fingerprint density at radius 3 is 2.08 bits per heavy atom. The summed E-state index contributed by atoms with van der Waals surface area (Å²) in [5, 5.41) is 1.08. The first-order chi connectivity index (χ1) is 17.3. The molecule has 0 amide bonds. The Labute approximate surface area is 211 Å². The van der Waals surface area contributed by atoms with Crippen LogP contribution in [0.15, 0.2) is 67.0 Å². The molecule has 0 aliphatic heterocycles. The summed E-state index contributed by atoms with van der Waals surface area (Å²) in [6, 6.07) is 18.7. The predicted molar refractivity (Wildman–Crippen MR) is 146 cm³/mol. The van der Waals surface area contributed by atoms with Gasteiger partial charge in [0.25, 0.3) is 0 Å². The van der Waals surface area contributed by atoms with E-state index in [2.05, 4.69) is 96.2 Å². The molecule has 2 aromatic carbocycles. The molecule has 0 fully saturated rings. The van der Waals surface area contributed by atoms with Gasteiger partial charge in [0.2, 0.25) is 0 Å². The van der Waals surface area contributed by atoms with Gasteiger partial charge in [-0.3, -0.25) is 0 Å². The lowest BCUT2D eigenvalue weighted by molar-refractivity contribution is 0.494. The molecule has 7 nitrogen and oxygen atoms in total. The van der Waals surface area contributed by atoms with E-state index in [9.17, 15) is 0 Å². The Hall–Kier alpha value is -3.81. The van der Waals surface area contributed by atoms with Crippen LogP contribution >= 0.6 is 0 Å². The third kappa shape index (κ3) is 4.67. The molecular formula is C29H33N7. The van der Waals surface area contributed by atoms with E-state index in [4.69, 9.17) is 16.5 Å². The van der Waals surface area contributed by atoms with Gasteiger partial charge in [0.05, 0.1) is 35.2 Å². The van der Waals surface area contributed by atoms with Crippen molar-refractivity contribution in [2.45, 2.75) is 39.8 Å². The van der Waals surface area contributed by atoms with E-state index < -0.39 is 0 Å². The third-order valence-corrected chi connectivity index (χ3v) is 6.74. The monoisotopic (exact) mass is 479 g/mol. The number of hydrogen-bond acceptors (Lipinski definition) is 5. The molecule has 36 heavy (non-hydrogen) atoms. The Bertz CT molecular complexity index is 1480. The second-order valence-electron chi connectivity index (χ2n) is 10.1. The number of fused-ring (bicyclic) bond motifs is 1. The van der Waals surface area contributed by atoms with Crippen LogP contribution in [-0.2, 0) is 0 Å². The summed E-state index contributed by atoms with van der Waals surface area (Å²) in [6.07, 6.45) is 3.73. The third-order valence-electron chi connectivity index (χ3n) is 6.74. The number of pyridine rings is 1. The average molecular weight is 480 g/mol. The number of aromatic nitrogens is 5. The molecule has 7 heteroatoms. The summed E-state index contributed by atoms with van der Waals surface area (Å²) in [7, 11) is 0. The van der Waals surface area contributed by atoms with Crippen LogP contribution in [0.2, 0.25) is 0 Å². The van der Waals surface area contributed by atoms with E-state index in [1.165, 1.54) is 0 Å². The Morgan fingerprint density at radius 2 is 1.36 bits per heavy atom. The van der Waals surface area contributed by atoms with Crippen molar-refractivity contribution in [1.82, 2.24) is 24.9 Å². The minimum absolute atomic E-state index is 0.0996. The highest BCUT2D eigenvalue weighted by Gasteiger charge is 2.16. The van der Waals surface area contributed by atoms with Crippen LogP contribution in [0.1, 0.15) is 51.4 Å². The number of benzene rings is 2. The number of nitrogens with one attached hydrogen (secondary N) is 2. The van der Waals surface area contributed by atoms with Gasteiger partial charge < -0.3 is 21.4 Å². The summed E-state index contributed by atoms with van der Waals surface area (Å²) >= 11 is 0. The van der Waals surface area contributed by atoms with Gasteiger partial charge in [0, 0.05) is 11.6 Å². The highest BCUT2D eigenvalue weighted by Crippen LogP contribution is 2.29. The quantitative estimate of drug-likeness (QED) is 0.228. The Morgan fingerprint density at radius 1 is 0.694 bits per heavy atom. The van der Waals surface area contributed by atoms with Gasteiger partial charge in [-0.1, -0.05) is 64.1 Å². The molecule has 0 unspecified atom stereocenters. The fraction of sp³-hybridized carbons (Fsp3) is 0.276. The number of nitrogens with zero attached hydrogens (tertiary/aromatic N) is 3. The van der Waals surface area contributed by atoms with Crippen LogP contribution in [0.25, 0.3) is 44.7 Å². The van der Waals surface area contributed by atoms with Crippen LogP contribution in [0.5, 0.6) is 0 Å². The average Bonchev–Trinajstić information content (AvgIpc) is 3.58.